The van der Waals surface area contributed by atoms with E-state index in [9.17, 15) is 0 Å². The summed E-state index contributed by atoms with van der Waals surface area (Å²) in [7, 11) is 0. The van der Waals surface area contributed by atoms with Crippen LogP contribution in [0.2, 0.25) is 0 Å². The van der Waals surface area contributed by atoms with Gasteiger partial charge in [-0.25, -0.2) is 15.0 Å². The quantitative estimate of drug-likeness (QED) is 0.191. The van der Waals surface area contributed by atoms with Crippen LogP contribution in [0.25, 0.3) is 72.2 Å². The summed E-state index contributed by atoms with van der Waals surface area (Å²) in [6, 6.07) is 52.7. The molecule has 0 bridgehead atoms. The van der Waals surface area contributed by atoms with Crippen molar-refractivity contribution in [2.75, 3.05) is 4.90 Å². The minimum atomic E-state index is 0.671. The Morgan fingerprint density at radius 2 is 1.20 bits per heavy atom. The monoisotopic (exact) mass is 627 g/mol. The number of hydrogen-bond acceptors (Lipinski definition) is 5. The molecule has 49 heavy (non-hydrogen) atoms. The third-order valence-electron chi connectivity index (χ3n) is 9.71. The van der Waals surface area contributed by atoms with Gasteiger partial charge in [-0.05, 0) is 89.6 Å². The van der Waals surface area contributed by atoms with E-state index in [0.29, 0.717) is 5.82 Å². The molecule has 4 heterocycles. The molecule has 0 unspecified atom stereocenters. The second-order valence-corrected chi connectivity index (χ2v) is 12.5. The van der Waals surface area contributed by atoms with Gasteiger partial charge >= 0.3 is 0 Å². The number of para-hydroxylation sites is 4. The van der Waals surface area contributed by atoms with Gasteiger partial charge in [-0.3, -0.25) is 9.47 Å². The van der Waals surface area contributed by atoms with Crippen LogP contribution >= 0.6 is 0 Å². The number of fused-ring (bicyclic) bond motifs is 10. The molecule has 0 radical (unpaired) electrons. The Morgan fingerprint density at radius 3 is 2.10 bits per heavy atom. The first-order valence-corrected chi connectivity index (χ1v) is 16.4. The molecule has 0 aliphatic carbocycles. The number of rotatable bonds is 2. The van der Waals surface area contributed by atoms with E-state index in [1.807, 2.05) is 42.5 Å². The van der Waals surface area contributed by atoms with Crippen LogP contribution in [0.4, 0.5) is 17.3 Å². The highest BCUT2D eigenvalue weighted by Gasteiger charge is 2.30. The van der Waals surface area contributed by atoms with Gasteiger partial charge < -0.3 is 4.74 Å². The summed E-state index contributed by atoms with van der Waals surface area (Å²) in [5.41, 5.74) is 11.1. The Bertz CT molecular complexity index is 2820. The van der Waals surface area contributed by atoms with Crippen LogP contribution in [0.5, 0.6) is 11.5 Å². The van der Waals surface area contributed by atoms with Crippen molar-refractivity contribution in [2.24, 2.45) is 0 Å². The largest absolute Gasteiger partial charge is 0.456 e. The van der Waals surface area contributed by atoms with Crippen LogP contribution in [0, 0.1) is 0 Å². The number of anilines is 3. The molecular formula is C43H25N5O. The fourth-order valence-electron chi connectivity index (χ4n) is 7.48. The lowest BCUT2D eigenvalue weighted by Crippen LogP contribution is -2.14. The molecule has 0 N–H and O–H groups in total. The maximum Gasteiger partial charge on any atom is 0.220 e. The molecule has 0 saturated heterocycles. The fourth-order valence-corrected chi connectivity index (χ4v) is 7.48. The zero-order valence-corrected chi connectivity index (χ0v) is 26.1. The molecule has 228 valence electrons. The third kappa shape index (κ3) is 3.79. The summed E-state index contributed by atoms with van der Waals surface area (Å²) < 4.78 is 8.51. The number of hydrogen-bond donors (Lipinski definition) is 0. The number of aromatic nitrogens is 4. The smallest absolute Gasteiger partial charge is 0.220 e. The first kappa shape index (κ1) is 26.3. The molecule has 2 aliphatic rings. The van der Waals surface area contributed by atoms with E-state index < -0.39 is 0 Å². The van der Waals surface area contributed by atoms with E-state index in [0.717, 1.165) is 84.4 Å². The fraction of sp³-hybridized carbons (Fsp3) is 0. The minimum Gasteiger partial charge on any atom is -0.456 e. The summed E-state index contributed by atoms with van der Waals surface area (Å²) in [4.78, 5) is 17.7. The van der Waals surface area contributed by atoms with Crippen LogP contribution < -0.4 is 9.64 Å². The summed E-state index contributed by atoms with van der Waals surface area (Å²) in [6.45, 7) is 0. The Balaban J connectivity index is 1.13. The van der Waals surface area contributed by atoms with E-state index in [2.05, 4.69) is 119 Å². The topological polar surface area (TPSA) is 56.1 Å². The van der Waals surface area contributed by atoms with Crippen LogP contribution in [0.3, 0.4) is 0 Å². The van der Waals surface area contributed by atoms with E-state index in [4.69, 9.17) is 19.7 Å². The van der Waals surface area contributed by atoms with Crippen molar-refractivity contribution in [3.8, 4) is 51.0 Å². The number of benzene rings is 7. The first-order valence-electron chi connectivity index (χ1n) is 16.4. The van der Waals surface area contributed by atoms with Crippen LogP contribution in [-0.4, -0.2) is 19.5 Å². The normalized spacial score (nSPS) is 12.6. The molecule has 2 aromatic heterocycles. The average molecular weight is 628 g/mol. The van der Waals surface area contributed by atoms with Gasteiger partial charge in [0.15, 0.2) is 5.82 Å². The summed E-state index contributed by atoms with van der Waals surface area (Å²) in [5.74, 6) is 3.10. The third-order valence-corrected chi connectivity index (χ3v) is 9.71. The van der Waals surface area contributed by atoms with Gasteiger partial charge in [0.2, 0.25) is 5.95 Å². The summed E-state index contributed by atoms with van der Waals surface area (Å²) in [6.07, 6.45) is 0. The van der Waals surface area contributed by atoms with Crippen molar-refractivity contribution in [1.29, 1.82) is 0 Å². The van der Waals surface area contributed by atoms with Gasteiger partial charge in [0, 0.05) is 27.9 Å². The lowest BCUT2D eigenvalue weighted by Gasteiger charge is -2.25. The molecule has 7 aromatic carbocycles. The Morgan fingerprint density at radius 1 is 0.490 bits per heavy atom. The molecule has 9 aromatic rings. The maximum atomic E-state index is 6.22. The molecule has 0 amide bonds. The van der Waals surface area contributed by atoms with Gasteiger partial charge in [-0.1, -0.05) is 72.8 Å². The standard InChI is InChI=1S/C43H25N5O/c1-2-11-28-25-37-32(24-27(28)10-1)30-12-3-6-16-35(30)48-36-17-7-5-14-33(36)45-43(48)47(37)29-22-20-26(21-23-29)42-44-34-15-9-19-39-40(34)41(46-42)31-13-4-8-18-38(31)49-39/h1-25H. The van der Waals surface area contributed by atoms with E-state index in [1.165, 1.54) is 10.8 Å². The lowest BCUT2D eigenvalue weighted by atomic mass is 9.97. The highest BCUT2D eigenvalue weighted by atomic mass is 16.5. The van der Waals surface area contributed by atoms with Gasteiger partial charge in [-0.15, -0.1) is 0 Å². The van der Waals surface area contributed by atoms with Crippen molar-refractivity contribution in [3.63, 3.8) is 0 Å². The SMILES string of the molecule is c1ccc2c(c1)Oc1cccc3nc(-c4ccc(N5c6cc7ccccc7cc6-c6ccccc6-n6c5nc5ccccc56)cc4)nc-2c13. The molecule has 0 atom stereocenters. The second kappa shape index (κ2) is 9.86. The van der Waals surface area contributed by atoms with Crippen LogP contribution in [-0.2, 0) is 0 Å². The Hall–Kier alpha value is -6.79. The molecule has 6 nitrogen and oxygen atoms in total. The Labute approximate surface area is 281 Å². The molecule has 0 saturated carbocycles. The molecule has 2 aliphatic heterocycles. The molecular weight excluding hydrogens is 603 g/mol. The van der Waals surface area contributed by atoms with Crippen molar-refractivity contribution in [2.45, 2.75) is 0 Å². The predicted molar refractivity (Wildman–Crippen MR) is 196 cm³/mol. The van der Waals surface area contributed by atoms with Gasteiger partial charge in [-0.2, -0.15) is 0 Å². The van der Waals surface area contributed by atoms with Crippen molar-refractivity contribution >= 4 is 50.0 Å². The number of ether oxygens (including phenoxy) is 1. The predicted octanol–water partition coefficient (Wildman–Crippen LogP) is 11.0. The zero-order chi connectivity index (χ0) is 32.1. The summed E-state index contributed by atoms with van der Waals surface area (Å²) >= 11 is 0. The maximum absolute atomic E-state index is 6.22. The molecule has 0 fully saturated rings. The van der Waals surface area contributed by atoms with E-state index in [-0.39, 0.29) is 0 Å². The van der Waals surface area contributed by atoms with Crippen molar-refractivity contribution in [1.82, 2.24) is 19.5 Å². The number of nitrogens with zero attached hydrogens (tertiary/aromatic N) is 5. The van der Waals surface area contributed by atoms with Crippen molar-refractivity contribution < 1.29 is 4.74 Å². The van der Waals surface area contributed by atoms with Crippen LogP contribution in [0.15, 0.2) is 152 Å². The Kier molecular flexibility index (Phi) is 5.29. The highest BCUT2D eigenvalue weighted by Crippen LogP contribution is 2.49. The average Bonchev–Trinajstić information content (AvgIpc) is 3.49. The van der Waals surface area contributed by atoms with E-state index >= 15 is 0 Å². The van der Waals surface area contributed by atoms with Gasteiger partial charge in [0.1, 0.15) is 11.5 Å². The van der Waals surface area contributed by atoms with Gasteiger partial charge in [0.05, 0.1) is 39.0 Å². The summed E-state index contributed by atoms with van der Waals surface area (Å²) in [5, 5.41) is 3.31. The van der Waals surface area contributed by atoms with Gasteiger partial charge in [0.25, 0.3) is 0 Å². The van der Waals surface area contributed by atoms with Crippen molar-refractivity contribution in [3.05, 3.63) is 152 Å². The van der Waals surface area contributed by atoms with E-state index in [1.54, 1.807) is 0 Å². The second-order valence-electron chi connectivity index (χ2n) is 12.5. The van der Waals surface area contributed by atoms with Crippen LogP contribution in [0.1, 0.15) is 0 Å². The highest BCUT2D eigenvalue weighted by molar-refractivity contribution is 6.03. The number of imidazole rings is 1. The molecule has 11 rings (SSSR count). The minimum absolute atomic E-state index is 0.671. The molecule has 6 heteroatoms. The first-order chi connectivity index (χ1) is 24.3. The molecule has 0 spiro atoms. The lowest BCUT2D eigenvalue weighted by molar-refractivity contribution is 0.486. The zero-order valence-electron chi connectivity index (χ0n) is 26.1.